The molecule has 1 aromatic carbocycles. The van der Waals surface area contributed by atoms with Gasteiger partial charge < -0.3 is 10.6 Å². The van der Waals surface area contributed by atoms with Gasteiger partial charge in [-0.15, -0.1) is 0 Å². The minimum atomic E-state index is -3.72. The lowest BCUT2D eigenvalue weighted by Gasteiger charge is -2.31. The summed E-state index contributed by atoms with van der Waals surface area (Å²) in [5.74, 6) is 1.08. The van der Waals surface area contributed by atoms with Crippen LogP contribution < -0.4 is 10.6 Å². The fourth-order valence-electron chi connectivity index (χ4n) is 3.14. The van der Waals surface area contributed by atoms with Crippen LogP contribution in [0.4, 0.5) is 11.8 Å². The summed E-state index contributed by atoms with van der Waals surface area (Å²) in [6.07, 6.45) is 4.45. The molecule has 0 aliphatic carbocycles. The maximum atomic E-state index is 12.8. The Labute approximate surface area is 149 Å². The highest BCUT2D eigenvalue weighted by Gasteiger charge is 2.24. The van der Waals surface area contributed by atoms with Gasteiger partial charge in [0.25, 0.3) is 0 Å². The molecule has 2 N–H and O–H groups in total. The fraction of sp³-hybridized carbons (Fsp3) is 0.444. The van der Waals surface area contributed by atoms with Crippen LogP contribution in [0.5, 0.6) is 0 Å². The van der Waals surface area contributed by atoms with Crippen molar-refractivity contribution in [3.05, 3.63) is 36.0 Å². The van der Waals surface area contributed by atoms with Crippen molar-refractivity contribution in [1.29, 1.82) is 0 Å². The third kappa shape index (κ3) is 3.61. The van der Waals surface area contributed by atoms with Gasteiger partial charge in [-0.3, -0.25) is 0 Å². The predicted molar refractivity (Wildman–Crippen MR) is 98.3 cm³/mol. The highest BCUT2D eigenvalue weighted by atomic mass is 32.2. The molecule has 134 valence electrons. The van der Waals surface area contributed by atoms with Crippen LogP contribution in [0.2, 0.25) is 0 Å². The molecule has 1 aromatic heterocycles. The van der Waals surface area contributed by atoms with E-state index in [0.29, 0.717) is 11.9 Å². The first-order valence-corrected chi connectivity index (χ1v) is 10.1. The molecule has 1 saturated heterocycles. The van der Waals surface area contributed by atoms with Crippen molar-refractivity contribution in [2.75, 3.05) is 23.7 Å². The zero-order chi connectivity index (χ0) is 18.0. The van der Waals surface area contributed by atoms with Gasteiger partial charge in [0.05, 0.1) is 11.1 Å². The standard InChI is InChI=1S/C18H24N4O2S/c1-3-14-6-8-15(9-7-14)25(23,24)16-11-20-18(21-17(16)19)22-10-4-5-13(2)12-22/h6-9,11,13H,3-5,10,12H2,1-2H3,(H2,19,20,21)/t13-/m0/s1. The van der Waals surface area contributed by atoms with Gasteiger partial charge in [-0.25, -0.2) is 13.4 Å². The summed E-state index contributed by atoms with van der Waals surface area (Å²) in [5, 5.41) is 0. The molecule has 0 bridgehead atoms. The minimum Gasteiger partial charge on any atom is -0.382 e. The second kappa shape index (κ2) is 7.00. The van der Waals surface area contributed by atoms with Gasteiger partial charge in [0.2, 0.25) is 15.8 Å². The second-order valence-electron chi connectivity index (χ2n) is 6.61. The molecule has 0 saturated carbocycles. The molecule has 1 aliphatic heterocycles. The Bertz CT molecular complexity index is 850. The van der Waals surface area contributed by atoms with E-state index in [9.17, 15) is 8.42 Å². The van der Waals surface area contributed by atoms with E-state index < -0.39 is 9.84 Å². The number of rotatable bonds is 4. The van der Waals surface area contributed by atoms with E-state index in [1.54, 1.807) is 12.1 Å². The third-order valence-corrected chi connectivity index (χ3v) is 6.43. The normalized spacial score (nSPS) is 18.3. The summed E-state index contributed by atoms with van der Waals surface area (Å²) in [4.78, 5) is 10.8. The van der Waals surface area contributed by atoms with E-state index in [1.807, 2.05) is 19.1 Å². The van der Waals surface area contributed by atoms with Crippen LogP contribution in [0, 0.1) is 5.92 Å². The van der Waals surface area contributed by atoms with Gasteiger partial charge >= 0.3 is 0 Å². The smallest absolute Gasteiger partial charge is 0.227 e. The van der Waals surface area contributed by atoms with Crippen molar-refractivity contribution >= 4 is 21.6 Å². The van der Waals surface area contributed by atoms with Crippen molar-refractivity contribution in [1.82, 2.24) is 9.97 Å². The number of nitrogens with zero attached hydrogens (tertiary/aromatic N) is 3. The first-order valence-electron chi connectivity index (χ1n) is 8.63. The Morgan fingerprint density at radius 1 is 1.28 bits per heavy atom. The monoisotopic (exact) mass is 360 g/mol. The maximum absolute atomic E-state index is 12.8. The number of hydrogen-bond donors (Lipinski definition) is 1. The van der Waals surface area contributed by atoms with Crippen LogP contribution in [0.15, 0.2) is 40.3 Å². The fourth-order valence-corrected chi connectivity index (χ4v) is 4.40. The number of benzene rings is 1. The molecular formula is C18H24N4O2S. The van der Waals surface area contributed by atoms with Crippen molar-refractivity contribution < 1.29 is 8.42 Å². The highest BCUT2D eigenvalue weighted by Crippen LogP contribution is 2.27. The Morgan fingerprint density at radius 2 is 2.00 bits per heavy atom. The first kappa shape index (κ1) is 17.7. The minimum absolute atomic E-state index is 0.00259. The van der Waals surface area contributed by atoms with Crippen LogP contribution in [-0.2, 0) is 16.3 Å². The third-order valence-electron chi connectivity index (χ3n) is 4.64. The van der Waals surface area contributed by atoms with Crippen LogP contribution in [-0.4, -0.2) is 31.5 Å². The molecule has 0 radical (unpaired) electrons. The van der Waals surface area contributed by atoms with Crippen molar-refractivity contribution in [3.8, 4) is 0 Å². The Hall–Kier alpha value is -2.15. The molecule has 0 spiro atoms. The molecule has 3 rings (SSSR count). The van der Waals surface area contributed by atoms with E-state index in [1.165, 1.54) is 12.6 Å². The number of anilines is 2. The quantitative estimate of drug-likeness (QED) is 0.902. The maximum Gasteiger partial charge on any atom is 0.227 e. The second-order valence-corrected chi connectivity index (χ2v) is 8.53. The van der Waals surface area contributed by atoms with Gasteiger partial charge in [-0.2, -0.15) is 4.98 Å². The number of sulfone groups is 1. The molecule has 2 heterocycles. The zero-order valence-electron chi connectivity index (χ0n) is 14.6. The van der Waals surface area contributed by atoms with Crippen LogP contribution in [0.3, 0.4) is 0 Å². The average molecular weight is 360 g/mol. The average Bonchev–Trinajstić information content (AvgIpc) is 2.61. The van der Waals surface area contributed by atoms with Crippen molar-refractivity contribution in [2.24, 2.45) is 5.92 Å². The van der Waals surface area contributed by atoms with Gasteiger partial charge in [-0.1, -0.05) is 26.0 Å². The summed E-state index contributed by atoms with van der Waals surface area (Å²) < 4.78 is 25.6. The van der Waals surface area contributed by atoms with E-state index in [2.05, 4.69) is 21.8 Å². The topological polar surface area (TPSA) is 89.2 Å². The van der Waals surface area contributed by atoms with Crippen LogP contribution in [0.25, 0.3) is 0 Å². The van der Waals surface area contributed by atoms with Crippen LogP contribution >= 0.6 is 0 Å². The number of aromatic nitrogens is 2. The predicted octanol–water partition coefficient (Wildman–Crippen LogP) is 2.69. The highest BCUT2D eigenvalue weighted by molar-refractivity contribution is 7.91. The lowest BCUT2D eigenvalue weighted by molar-refractivity contribution is 0.442. The molecule has 1 fully saturated rings. The Balaban J connectivity index is 1.91. The molecule has 1 aliphatic rings. The zero-order valence-corrected chi connectivity index (χ0v) is 15.5. The Kier molecular flexibility index (Phi) is 4.94. The molecule has 0 amide bonds. The number of hydrogen-bond acceptors (Lipinski definition) is 6. The van der Waals surface area contributed by atoms with Crippen molar-refractivity contribution in [2.45, 2.75) is 42.9 Å². The molecule has 7 heteroatoms. The first-order chi connectivity index (χ1) is 11.9. The summed E-state index contributed by atoms with van der Waals surface area (Å²) in [7, 11) is -3.72. The van der Waals surface area contributed by atoms with E-state index in [-0.39, 0.29) is 15.6 Å². The molecule has 6 nitrogen and oxygen atoms in total. The van der Waals surface area contributed by atoms with E-state index >= 15 is 0 Å². The van der Waals surface area contributed by atoms with Crippen molar-refractivity contribution in [3.63, 3.8) is 0 Å². The number of aryl methyl sites for hydroxylation is 1. The van der Waals surface area contributed by atoms with Gasteiger partial charge in [0.1, 0.15) is 10.7 Å². The van der Waals surface area contributed by atoms with E-state index in [4.69, 9.17) is 5.73 Å². The Morgan fingerprint density at radius 3 is 2.60 bits per heavy atom. The van der Waals surface area contributed by atoms with Gasteiger partial charge in [0.15, 0.2) is 0 Å². The number of piperidine rings is 1. The SMILES string of the molecule is CCc1ccc(S(=O)(=O)c2cnc(N3CCC[C@H](C)C3)nc2N)cc1. The van der Waals surface area contributed by atoms with Crippen LogP contribution in [0.1, 0.15) is 32.3 Å². The lowest BCUT2D eigenvalue weighted by Crippen LogP contribution is -2.35. The van der Waals surface area contributed by atoms with Gasteiger partial charge in [-0.05, 0) is 42.9 Å². The summed E-state index contributed by atoms with van der Waals surface area (Å²) in [5.41, 5.74) is 7.07. The molecule has 0 unspecified atom stereocenters. The summed E-state index contributed by atoms with van der Waals surface area (Å²) >= 11 is 0. The summed E-state index contributed by atoms with van der Waals surface area (Å²) in [6.45, 7) is 5.95. The number of nitrogen functional groups attached to an aromatic ring is 1. The molecule has 2 aromatic rings. The lowest BCUT2D eigenvalue weighted by atomic mass is 10.0. The number of nitrogens with two attached hydrogens (primary N) is 1. The molecule has 1 atom stereocenters. The largest absolute Gasteiger partial charge is 0.382 e. The summed E-state index contributed by atoms with van der Waals surface area (Å²) in [6, 6.07) is 6.84. The van der Waals surface area contributed by atoms with Gasteiger partial charge in [0, 0.05) is 13.1 Å². The van der Waals surface area contributed by atoms with E-state index in [0.717, 1.165) is 31.5 Å². The molecular weight excluding hydrogens is 336 g/mol. The molecule has 25 heavy (non-hydrogen) atoms.